The van der Waals surface area contributed by atoms with Crippen LogP contribution in [0.2, 0.25) is 0 Å². The van der Waals surface area contributed by atoms with Crippen molar-refractivity contribution in [1.29, 1.82) is 0 Å². The molecule has 6 heteroatoms. The quantitative estimate of drug-likeness (QED) is 0.833. The van der Waals surface area contributed by atoms with Crippen molar-refractivity contribution in [3.05, 3.63) is 48.2 Å². The molecule has 1 fully saturated rings. The molecule has 1 aromatic heterocycles. The number of anilines is 2. The Hall–Kier alpha value is -2.60. The van der Waals surface area contributed by atoms with Gasteiger partial charge in [0.1, 0.15) is 11.6 Å². The van der Waals surface area contributed by atoms with Crippen LogP contribution in [0.4, 0.5) is 11.5 Å². The highest BCUT2D eigenvalue weighted by molar-refractivity contribution is 5.94. The van der Waals surface area contributed by atoms with Crippen LogP contribution in [0.3, 0.4) is 0 Å². The first-order valence-corrected chi connectivity index (χ1v) is 10.2. The smallest absolute Gasteiger partial charge is 0.229 e. The van der Waals surface area contributed by atoms with Crippen molar-refractivity contribution in [3.63, 3.8) is 0 Å². The second kappa shape index (κ2) is 9.27. The number of nitrogens with zero attached hydrogens (tertiary/aromatic N) is 3. The summed E-state index contributed by atoms with van der Waals surface area (Å²) in [5.41, 5.74) is 1.62. The van der Waals surface area contributed by atoms with Gasteiger partial charge in [-0.1, -0.05) is 32.9 Å². The molecule has 0 atom stereocenters. The molecule has 1 aliphatic rings. The van der Waals surface area contributed by atoms with E-state index < -0.39 is 5.41 Å². The Labute approximate surface area is 173 Å². The van der Waals surface area contributed by atoms with E-state index in [2.05, 4.69) is 32.2 Å². The average Bonchev–Trinajstić information content (AvgIpc) is 2.94. The van der Waals surface area contributed by atoms with Crippen LogP contribution in [0, 0.1) is 5.41 Å². The standard InChI is InChI=1S/C23H32N4O2/c1-23(2,3)22(28)25-19-8-11-21(24-16-19)27-13-5-12-26(14-15-27)17-18-6-9-20(29-4)10-7-18/h6-11,16H,5,12-15,17H2,1-4H3,(H,25,28). The van der Waals surface area contributed by atoms with Gasteiger partial charge in [-0.15, -0.1) is 0 Å². The number of pyridine rings is 1. The third-order valence-corrected chi connectivity index (χ3v) is 5.16. The minimum absolute atomic E-state index is 0.00371. The van der Waals surface area contributed by atoms with E-state index in [-0.39, 0.29) is 5.91 Å². The third kappa shape index (κ3) is 5.94. The van der Waals surface area contributed by atoms with Crippen LogP contribution in [-0.2, 0) is 11.3 Å². The van der Waals surface area contributed by atoms with Crippen molar-refractivity contribution in [2.24, 2.45) is 5.41 Å². The molecule has 3 rings (SSSR count). The average molecular weight is 397 g/mol. The van der Waals surface area contributed by atoms with E-state index in [0.717, 1.165) is 56.4 Å². The molecule has 0 bridgehead atoms. The Morgan fingerprint density at radius 1 is 1.07 bits per heavy atom. The third-order valence-electron chi connectivity index (χ3n) is 5.16. The van der Waals surface area contributed by atoms with Gasteiger partial charge in [0.15, 0.2) is 0 Å². The molecule has 0 radical (unpaired) electrons. The van der Waals surface area contributed by atoms with Crippen molar-refractivity contribution < 1.29 is 9.53 Å². The Balaban J connectivity index is 1.55. The van der Waals surface area contributed by atoms with Gasteiger partial charge in [-0.3, -0.25) is 9.69 Å². The van der Waals surface area contributed by atoms with Crippen molar-refractivity contribution in [3.8, 4) is 5.75 Å². The van der Waals surface area contributed by atoms with Gasteiger partial charge in [-0.25, -0.2) is 4.98 Å². The fourth-order valence-corrected chi connectivity index (χ4v) is 3.31. The minimum Gasteiger partial charge on any atom is -0.497 e. The lowest BCUT2D eigenvalue weighted by molar-refractivity contribution is -0.123. The van der Waals surface area contributed by atoms with Gasteiger partial charge in [0, 0.05) is 38.1 Å². The summed E-state index contributed by atoms with van der Waals surface area (Å²) in [5.74, 6) is 1.85. The highest BCUT2D eigenvalue weighted by atomic mass is 16.5. The van der Waals surface area contributed by atoms with E-state index in [4.69, 9.17) is 4.74 Å². The maximum Gasteiger partial charge on any atom is 0.229 e. The van der Waals surface area contributed by atoms with Crippen molar-refractivity contribution in [2.45, 2.75) is 33.7 Å². The summed E-state index contributed by atoms with van der Waals surface area (Å²) in [5, 5.41) is 2.93. The van der Waals surface area contributed by atoms with Crippen LogP contribution in [-0.4, -0.2) is 49.1 Å². The molecule has 6 nitrogen and oxygen atoms in total. The van der Waals surface area contributed by atoms with Gasteiger partial charge < -0.3 is 15.0 Å². The zero-order valence-electron chi connectivity index (χ0n) is 17.9. The summed E-state index contributed by atoms with van der Waals surface area (Å²) in [6.07, 6.45) is 2.85. The molecule has 1 N–H and O–H groups in total. The SMILES string of the molecule is COc1ccc(CN2CCCN(c3ccc(NC(=O)C(C)(C)C)cn3)CC2)cc1. The van der Waals surface area contributed by atoms with Gasteiger partial charge in [0.05, 0.1) is 19.0 Å². The number of aromatic nitrogens is 1. The first-order chi connectivity index (χ1) is 13.8. The van der Waals surface area contributed by atoms with Crippen LogP contribution in [0.25, 0.3) is 0 Å². The minimum atomic E-state index is -0.420. The lowest BCUT2D eigenvalue weighted by Crippen LogP contribution is -2.31. The molecule has 0 aliphatic carbocycles. The maximum atomic E-state index is 12.1. The van der Waals surface area contributed by atoms with Gasteiger partial charge in [-0.05, 0) is 36.2 Å². The number of carbonyl (C=O) groups excluding carboxylic acids is 1. The van der Waals surface area contributed by atoms with E-state index in [9.17, 15) is 4.79 Å². The molecule has 0 saturated carbocycles. The first-order valence-electron chi connectivity index (χ1n) is 10.2. The Kier molecular flexibility index (Phi) is 6.75. The second-order valence-electron chi connectivity index (χ2n) is 8.57. The summed E-state index contributed by atoms with van der Waals surface area (Å²) in [6, 6.07) is 12.2. The molecule has 2 aromatic rings. The number of rotatable bonds is 5. The fraction of sp³-hybridized carbons (Fsp3) is 0.478. The summed E-state index contributed by atoms with van der Waals surface area (Å²) in [6.45, 7) is 10.6. The Bertz CT molecular complexity index is 797. The normalized spacial score (nSPS) is 15.7. The number of carbonyl (C=O) groups is 1. The van der Waals surface area contributed by atoms with Crippen LogP contribution >= 0.6 is 0 Å². The fourth-order valence-electron chi connectivity index (χ4n) is 3.31. The van der Waals surface area contributed by atoms with Gasteiger partial charge in [0.25, 0.3) is 0 Å². The van der Waals surface area contributed by atoms with Crippen molar-refractivity contribution in [1.82, 2.24) is 9.88 Å². The number of hydrogen-bond donors (Lipinski definition) is 1. The molecule has 1 aliphatic heterocycles. The van der Waals surface area contributed by atoms with E-state index in [1.165, 1.54) is 5.56 Å². The molecular weight excluding hydrogens is 364 g/mol. The molecule has 1 amide bonds. The molecular formula is C23H32N4O2. The molecule has 1 saturated heterocycles. The maximum absolute atomic E-state index is 12.1. The topological polar surface area (TPSA) is 57.7 Å². The van der Waals surface area contributed by atoms with Crippen LogP contribution < -0.4 is 15.0 Å². The highest BCUT2D eigenvalue weighted by Gasteiger charge is 2.21. The largest absolute Gasteiger partial charge is 0.497 e. The number of benzene rings is 1. The molecule has 156 valence electrons. The monoisotopic (exact) mass is 396 g/mol. The molecule has 0 spiro atoms. The zero-order valence-corrected chi connectivity index (χ0v) is 17.9. The van der Waals surface area contributed by atoms with E-state index >= 15 is 0 Å². The van der Waals surface area contributed by atoms with Crippen molar-refractivity contribution >= 4 is 17.4 Å². The second-order valence-corrected chi connectivity index (χ2v) is 8.57. The number of hydrogen-bond acceptors (Lipinski definition) is 5. The Morgan fingerprint density at radius 3 is 2.45 bits per heavy atom. The van der Waals surface area contributed by atoms with Gasteiger partial charge in [-0.2, -0.15) is 0 Å². The predicted molar refractivity (Wildman–Crippen MR) is 117 cm³/mol. The molecule has 1 aromatic carbocycles. The zero-order chi connectivity index (χ0) is 20.9. The highest BCUT2D eigenvalue weighted by Crippen LogP contribution is 2.20. The lowest BCUT2D eigenvalue weighted by atomic mass is 9.96. The molecule has 2 heterocycles. The number of amides is 1. The summed E-state index contributed by atoms with van der Waals surface area (Å²) < 4.78 is 5.24. The van der Waals surface area contributed by atoms with Crippen LogP contribution in [0.5, 0.6) is 5.75 Å². The van der Waals surface area contributed by atoms with Gasteiger partial charge >= 0.3 is 0 Å². The predicted octanol–water partition coefficient (Wildman–Crippen LogP) is 3.79. The summed E-state index contributed by atoms with van der Waals surface area (Å²) >= 11 is 0. The summed E-state index contributed by atoms with van der Waals surface area (Å²) in [4.78, 5) is 21.5. The van der Waals surface area contributed by atoms with Crippen LogP contribution in [0.15, 0.2) is 42.6 Å². The first kappa shape index (κ1) is 21.1. The number of methoxy groups -OCH3 is 1. The van der Waals surface area contributed by atoms with E-state index in [0.29, 0.717) is 0 Å². The Morgan fingerprint density at radius 2 is 1.83 bits per heavy atom. The van der Waals surface area contributed by atoms with Gasteiger partial charge in [0.2, 0.25) is 5.91 Å². The van der Waals surface area contributed by atoms with Crippen LogP contribution in [0.1, 0.15) is 32.8 Å². The van der Waals surface area contributed by atoms with E-state index in [1.807, 2.05) is 45.0 Å². The summed E-state index contributed by atoms with van der Waals surface area (Å²) in [7, 11) is 1.69. The van der Waals surface area contributed by atoms with Crippen molar-refractivity contribution in [2.75, 3.05) is 43.5 Å². The number of ether oxygens (including phenoxy) is 1. The molecule has 0 unspecified atom stereocenters. The lowest BCUT2D eigenvalue weighted by Gasteiger charge is -2.23. The molecule has 29 heavy (non-hydrogen) atoms. The number of nitrogens with one attached hydrogen (secondary N) is 1. The van der Waals surface area contributed by atoms with E-state index in [1.54, 1.807) is 13.3 Å².